The Kier molecular flexibility index (Phi) is 3.46. The van der Waals surface area contributed by atoms with E-state index in [4.69, 9.17) is 0 Å². The van der Waals surface area contributed by atoms with Crippen molar-refractivity contribution < 1.29 is 9.59 Å². The molecular weight excluding hydrogens is 164 g/mol. The van der Waals surface area contributed by atoms with E-state index >= 15 is 0 Å². The summed E-state index contributed by atoms with van der Waals surface area (Å²) in [5.41, 5.74) is 1.22. The van der Waals surface area contributed by atoms with Crippen molar-refractivity contribution in [3.63, 3.8) is 0 Å². The van der Waals surface area contributed by atoms with Crippen molar-refractivity contribution in [2.24, 2.45) is 0 Å². The van der Waals surface area contributed by atoms with Crippen LogP contribution in [0.4, 0.5) is 0 Å². The van der Waals surface area contributed by atoms with Gasteiger partial charge in [-0.05, 0) is 6.07 Å². The summed E-state index contributed by atoms with van der Waals surface area (Å²) in [5.74, 6) is 5.40. The number of hydrogen-bond donors (Lipinski definition) is 0. The molecule has 0 fully saturated rings. The van der Waals surface area contributed by atoms with E-state index in [1.165, 1.54) is 0 Å². The van der Waals surface area contributed by atoms with E-state index in [-0.39, 0.29) is 6.42 Å². The van der Waals surface area contributed by atoms with Gasteiger partial charge in [0.05, 0.1) is 6.42 Å². The predicted molar refractivity (Wildman–Crippen MR) is 49.4 cm³/mol. The summed E-state index contributed by atoms with van der Waals surface area (Å²) in [6, 6.07) is 7.02. The van der Waals surface area contributed by atoms with Crippen LogP contribution in [0.1, 0.15) is 22.3 Å². The van der Waals surface area contributed by atoms with E-state index < -0.39 is 0 Å². The minimum Gasteiger partial charge on any atom is -0.302 e. The minimum atomic E-state index is 0.202. The molecule has 0 spiro atoms. The van der Waals surface area contributed by atoms with Gasteiger partial charge in [-0.3, -0.25) is 4.79 Å². The van der Waals surface area contributed by atoms with E-state index in [1.807, 2.05) is 0 Å². The van der Waals surface area contributed by atoms with E-state index in [1.54, 1.807) is 24.3 Å². The summed E-state index contributed by atoms with van der Waals surface area (Å²) in [6.45, 7) is 0. The van der Waals surface area contributed by atoms with Gasteiger partial charge in [-0.15, -0.1) is 0 Å². The molecule has 0 bridgehead atoms. The Bertz CT molecular complexity index is 369. The van der Waals surface area contributed by atoms with Gasteiger partial charge in [-0.2, -0.15) is 0 Å². The van der Waals surface area contributed by atoms with Crippen LogP contribution in [0.25, 0.3) is 0 Å². The van der Waals surface area contributed by atoms with Crippen LogP contribution in [0.15, 0.2) is 24.3 Å². The summed E-state index contributed by atoms with van der Waals surface area (Å²) in [7, 11) is 0. The van der Waals surface area contributed by atoms with E-state index in [9.17, 15) is 9.59 Å². The van der Waals surface area contributed by atoms with Crippen LogP contribution in [0.2, 0.25) is 0 Å². The molecule has 0 unspecified atom stereocenters. The normalized spacial score (nSPS) is 8.31. The molecule has 0 heterocycles. The lowest BCUT2D eigenvalue weighted by molar-refractivity contribution is -0.107. The molecule has 0 aliphatic carbocycles. The van der Waals surface area contributed by atoms with Crippen molar-refractivity contribution in [2.45, 2.75) is 6.42 Å². The number of benzene rings is 1. The van der Waals surface area contributed by atoms with Gasteiger partial charge in [0.1, 0.15) is 6.29 Å². The van der Waals surface area contributed by atoms with Gasteiger partial charge in [0, 0.05) is 11.1 Å². The molecule has 13 heavy (non-hydrogen) atoms. The molecule has 0 aliphatic rings. The van der Waals surface area contributed by atoms with Gasteiger partial charge < -0.3 is 4.79 Å². The maximum absolute atomic E-state index is 10.5. The Balaban J connectivity index is 2.94. The molecule has 0 radical (unpaired) electrons. The van der Waals surface area contributed by atoms with Gasteiger partial charge in [0.25, 0.3) is 0 Å². The molecule has 2 nitrogen and oxygen atoms in total. The fourth-order valence-electron chi connectivity index (χ4n) is 0.902. The number of carbonyl (C=O) groups is 2. The molecule has 64 valence electrons. The molecule has 2 heteroatoms. The lowest BCUT2D eigenvalue weighted by atomic mass is 10.1. The molecule has 0 atom stereocenters. The first-order valence-corrected chi connectivity index (χ1v) is 3.85. The highest BCUT2D eigenvalue weighted by Crippen LogP contribution is 2.03. The minimum absolute atomic E-state index is 0.202. The van der Waals surface area contributed by atoms with Crippen molar-refractivity contribution in [1.29, 1.82) is 0 Å². The average Bonchev–Trinajstić information content (AvgIpc) is 2.19. The molecule has 0 amide bonds. The number of carbonyl (C=O) groups excluding carboxylic acids is 2. The third-order valence-corrected chi connectivity index (χ3v) is 1.50. The van der Waals surface area contributed by atoms with E-state index in [2.05, 4.69) is 11.8 Å². The van der Waals surface area contributed by atoms with Crippen LogP contribution in [-0.2, 0) is 4.79 Å². The summed E-state index contributed by atoms with van der Waals surface area (Å²) in [4.78, 5) is 20.5. The topological polar surface area (TPSA) is 34.1 Å². The van der Waals surface area contributed by atoms with Crippen molar-refractivity contribution in [3.05, 3.63) is 35.4 Å². The second-order valence-electron chi connectivity index (χ2n) is 2.38. The lowest BCUT2D eigenvalue weighted by Crippen LogP contribution is -1.85. The molecule has 1 rings (SSSR count). The Labute approximate surface area is 76.6 Å². The fourth-order valence-corrected chi connectivity index (χ4v) is 0.902. The fraction of sp³-hybridized carbons (Fsp3) is 0.0909. The van der Waals surface area contributed by atoms with Gasteiger partial charge in [-0.1, -0.05) is 30.0 Å². The van der Waals surface area contributed by atoms with Crippen LogP contribution >= 0.6 is 0 Å². The maximum Gasteiger partial charge on any atom is 0.151 e. The standard InChI is InChI=1S/C11H8O2/c12-8-4-3-6-10-5-1-2-7-11(10)9-13/h1-2,5,7-9H,4H2. The second kappa shape index (κ2) is 4.89. The quantitative estimate of drug-likeness (QED) is 0.499. The zero-order valence-corrected chi connectivity index (χ0v) is 6.99. The molecule has 0 aliphatic heterocycles. The smallest absolute Gasteiger partial charge is 0.151 e. The van der Waals surface area contributed by atoms with Crippen molar-refractivity contribution in [3.8, 4) is 11.8 Å². The highest BCUT2D eigenvalue weighted by atomic mass is 16.1. The van der Waals surface area contributed by atoms with Gasteiger partial charge >= 0.3 is 0 Å². The molecule has 1 aromatic carbocycles. The molecular formula is C11H8O2. The monoisotopic (exact) mass is 172 g/mol. The average molecular weight is 172 g/mol. The Morgan fingerprint density at radius 2 is 2.00 bits per heavy atom. The third-order valence-electron chi connectivity index (χ3n) is 1.50. The van der Waals surface area contributed by atoms with Crippen LogP contribution in [0, 0.1) is 11.8 Å². The molecule has 0 saturated carbocycles. The molecule has 0 N–H and O–H groups in total. The van der Waals surface area contributed by atoms with Gasteiger partial charge in [-0.25, -0.2) is 0 Å². The third kappa shape index (κ3) is 2.57. The Hall–Kier alpha value is -1.88. The molecule has 0 aromatic heterocycles. The number of rotatable bonds is 2. The first kappa shape index (κ1) is 9.21. The second-order valence-corrected chi connectivity index (χ2v) is 2.38. The zero-order valence-electron chi connectivity index (χ0n) is 6.99. The highest BCUT2D eigenvalue weighted by molar-refractivity contribution is 5.79. The molecule has 1 aromatic rings. The predicted octanol–water partition coefficient (Wildman–Crippen LogP) is 1.44. The van der Waals surface area contributed by atoms with Crippen LogP contribution in [-0.4, -0.2) is 12.6 Å². The zero-order chi connectivity index (χ0) is 9.52. The summed E-state index contributed by atoms with van der Waals surface area (Å²) in [5, 5.41) is 0. The largest absolute Gasteiger partial charge is 0.302 e. The Morgan fingerprint density at radius 1 is 1.23 bits per heavy atom. The molecule has 0 saturated heterocycles. The van der Waals surface area contributed by atoms with Crippen LogP contribution in [0.3, 0.4) is 0 Å². The van der Waals surface area contributed by atoms with Crippen molar-refractivity contribution in [2.75, 3.05) is 0 Å². The number of aldehydes is 2. The van der Waals surface area contributed by atoms with Crippen molar-refractivity contribution >= 4 is 12.6 Å². The lowest BCUT2D eigenvalue weighted by Gasteiger charge is -1.92. The highest BCUT2D eigenvalue weighted by Gasteiger charge is 1.94. The summed E-state index contributed by atoms with van der Waals surface area (Å²) in [6.07, 6.45) is 1.69. The maximum atomic E-state index is 10.5. The van der Waals surface area contributed by atoms with Crippen LogP contribution < -0.4 is 0 Å². The summed E-state index contributed by atoms with van der Waals surface area (Å²) >= 11 is 0. The SMILES string of the molecule is O=CCC#Cc1ccccc1C=O. The van der Waals surface area contributed by atoms with Gasteiger partial charge in [0.15, 0.2) is 6.29 Å². The van der Waals surface area contributed by atoms with E-state index in [0.717, 1.165) is 12.6 Å². The summed E-state index contributed by atoms with van der Waals surface area (Å²) < 4.78 is 0. The first-order valence-electron chi connectivity index (χ1n) is 3.85. The first-order chi connectivity index (χ1) is 6.38. The number of hydrogen-bond acceptors (Lipinski definition) is 2. The van der Waals surface area contributed by atoms with Gasteiger partial charge in [0.2, 0.25) is 0 Å². The van der Waals surface area contributed by atoms with Crippen LogP contribution in [0.5, 0.6) is 0 Å². The Morgan fingerprint density at radius 3 is 2.69 bits per heavy atom. The van der Waals surface area contributed by atoms with E-state index in [0.29, 0.717) is 11.1 Å². The van der Waals surface area contributed by atoms with Crippen molar-refractivity contribution in [1.82, 2.24) is 0 Å².